The third-order valence-corrected chi connectivity index (χ3v) is 6.29. The Morgan fingerprint density at radius 2 is 1.91 bits per heavy atom. The van der Waals surface area contributed by atoms with Crippen LogP contribution in [0.3, 0.4) is 0 Å². The number of carbonyl (C=O) groups excluding carboxylic acids is 2. The van der Waals surface area contributed by atoms with Gasteiger partial charge < -0.3 is 9.47 Å². The molecule has 1 aliphatic rings. The monoisotopic (exact) mass is 479 g/mol. The number of pyridine rings is 1. The van der Waals surface area contributed by atoms with Crippen molar-refractivity contribution < 1.29 is 27.5 Å². The van der Waals surface area contributed by atoms with Gasteiger partial charge in [0.25, 0.3) is 10.0 Å². The van der Waals surface area contributed by atoms with Crippen molar-refractivity contribution in [3.05, 3.63) is 84.2 Å². The Labute approximate surface area is 197 Å². The number of nitrogens with one attached hydrogen (secondary N) is 2. The van der Waals surface area contributed by atoms with Crippen LogP contribution in [-0.2, 0) is 19.5 Å². The van der Waals surface area contributed by atoms with Gasteiger partial charge in [0.15, 0.2) is 0 Å². The first-order chi connectivity index (χ1) is 16.4. The number of anilines is 2. The molecule has 0 aliphatic carbocycles. The standard InChI is InChI=1S/C24H21N3O6S/c28-23(22-9-3-4-14-25-22)20-7-1-2-8-21(20)27-34(30,31)19-12-10-17(11-13-19)26-24(29)33-16-18-6-5-15-32-18/h1-4,7-10,12,14,18,27H,5-6,15-16H2,(H,26,29). The zero-order valence-corrected chi connectivity index (χ0v) is 18.8. The molecule has 2 aromatic carbocycles. The number of amides is 1. The fourth-order valence-electron chi connectivity index (χ4n) is 3.30. The zero-order valence-electron chi connectivity index (χ0n) is 18.0. The lowest BCUT2D eigenvalue weighted by atomic mass is 10.1. The summed E-state index contributed by atoms with van der Waals surface area (Å²) < 4.78 is 38.7. The number of para-hydroxylation sites is 1. The lowest BCUT2D eigenvalue weighted by Gasteiger charge is -2.12. The minimum Gasteiger partial charge on any atom is -0.447 e. The summed E-state index contributed by atoms with van der Waals surface area (Å²) in [6.45, 7) is 0.798. The van der Waals surface area contributed by atoms with E-state index < -0.39 is 21.9 Å². The topological polar surface area (TPSA) is 124 Å². The average molecular weight is 480 g/mol. The van der Waals surface area contributed by atoms with Gasteiger partial charge >= 0.3 is 6.09 Å². The van der Waals surface area contributed by atoms with Crippen LogP contribution in [0.4, 0.5) is 16.2 Å². The first kappa shape index (κ1) is 23.2. The molecule has 0 radical (unpaired) electrons. The highest BCUT2D eigenvalue weighted by Crippen LogP contribution is 2.22. The summed E-state index contributed by atoms with van der Waals surface area (Å²) in [5, 5.41) is 2.47. The maximum absolute atomic E-state index is 12.9. The highest BCUT2D eigenvalue weighted by atomic mass is 32.2. The molecule has 10 heteroatoms. The molecule has 34 heavy (non-hydrogen) atoms. The Balaban J connectivity index is 1.43. The summed E-state index contributed by atoms with van der Waals surface area (Å²) in [6, 6.07) is 18.9. The van der Waals surface area contributed by atoms with Crippen LogP contribution in [0.15, 0.2) is 65.7 Å². The molecule has 1 saturated heterocycles. The molecule has 1 aliphatic heterocycles. The van der Waals surface area contributed by atoms with E-state index in [0.717, 1.165) is 12.8 Å². The van der Waals surface area contributed by atoms with E-state index in [4.69, 9.17) is 9.47 Å². The summed E-state index contributed by atoms with van der Waals surface area (Å²) in [7, 11) is -4.09. The van der Waals surface area contributed by atoms with E-state index in [-0.39, 0.29) is 40.2 Å². The summed E-state index contributed by atoms with van der Waals surface area (Å²) in [5.41, 5.74) is 0.644. The molecule has 3 aromatic rings. The maximum Gasteiger partial charge on any atom is 0.412 e. The summed E-state index contributed by atoms with van der Waals surface area (Å²) in [5.74, 6) is -0.421. The number of benzene rings is 1. The SMILES string of the molecule is O=C(Nc1c#cc(S(=O)(=O)Nc2ccccc2C(=O)c2ccccn2)cc1)OCC1CCCO1. The second kappa shape index (κ2) is 10.3. The third kappa shape index (κ3) is 5.70. The van der Waals surface area contributed by atoms with Crippen LogP contribution in [0, 0.1) is 12.1 Å². The number of rotatable bonds is 8. The van der Waals surface area contributed by atoms with Crippen LogP contribution in [0.25, 0.3) is 0 Å². The Hall–Kier alpha value is -3.94. The minimum atomic E-state index is -4.09. The largest absolute Gasteiger partial charge is 0.447 e. The van der Waals surface area contributed by atoms with Gasteiger partial charge in [0.1, 0.15) is 17.2 Å². The van der Waals surface area contributed by atoms with Crippen molar-refractivity contribution in [1.82, 2.24) is 4.98 Å². The van der Waals surface area contributed by atoms with Crippen molar-refractivity contribution in [2.45, 2.75) is 23.8 Å². The van der Waals surface area contributed by atoms with Gasteiger partial charge in [0.05, 0.1) is 17.5 Å². The van der Waals surface area contributed by atoms with Crippen molar-refractivity contribution in [2.24, 2.45) is 0 Å². The molecule has 9 nitrogen and oxygen atoms in total. The summed E-state index contributed by atoms with van der Waals surface area (Å²) in [4.78, 5) is 28.5. The number of sulfonamides is 1. The highest BCUT2D eigenvalue weighted by Gasteiger charge is 2.21. The fourth-order valence-corrected chi connectivity index (χ4v) is 4.31. The van der Waals surface area contributed by atoms with Gasteiger partial charge in [-0.25, -0.2) is 13.2 Å². The molecule has 0 bridgehead atoms. The molecule has 0 spiro atoms. The molecule has 1 amide bonds. The minimum absolute atomic E-state index is 0.103. The van der Waals surface area contributed by atoms with E-state index in [2.05, 4.69) is 27.2 Å². The Morgan fingerprint density at radius 3 is 2.62 bits per heavy atom. The molecule has 174 valence electrons. The molecular weight excluding hydrogens is 458 g/mol. The highest BCUT2D eigenvalue weighted by molar-refractivity contribution is 7.92. The predicted octanol–water partition coefficient (Wildman–Crippen LogP) is 3.44. The lowest BCUT2D eigenvalue weighted by Crippen LogP contribution is -2.21. The predicted molar refractivity (Wildman–Crippen MR) is 123 cm³/mol. The van der Waals surface area contributed by atoms with Crippen LogP contribution in [0.1, 0.15) is 28.9 Å². The van der Waals surface area contributed by atoms with Crippen molar-refractivity contribution in [3.8, 4) is 0 Å². The first-order valence-corrected chi connectivity index (χ1v) is 12.0. The molecule has 1 aromatic heterocycles. The molecule has 1 unspecified atom stereocenters. The first-order valence-electron chi connectivity index (χ1n) is 10.5. The van der Waals surface area contributed by atoms with Gasteiger partial charge in [-0.2, -0.15) is 0 Å². The smallest absolute Gasteiger partial charge is 0.412 e. The second-order valence-electron chi connectivity index (χ2n) is 7.41. The Kier molecular flexibility index (Phi) is 7.06. The van der Waals surface area contributed by atoms with E-state index in [1.807, 2.05) is 0 Å². The van der Waals surface area contributed by atoms with Gasteiger partial charge in [-0.1, -0.05) is 18.2 Å². The zero-order chi connectivity index (χ0) is 24.0. The van der Waals surface area contributed by atoms with Crippen LogP contribution in [0.2, 0.25) is 0 Å². The van der Waals surface area contributed by atoms with Gasteiger partial charge in [0, 0.05) is 18.4 Å². The van der Waals surface area contributed by atoms with E-state index in [1.165, 1.54) is 30.5 Å². The Morgan fingerprint density at radius 1 is 1.09 bits per heavy atom. The number of nitrogens with zero attached hydrogens (tertiary/aromatic N) is 1. The number of ketones is 1. The molecule has 4 rings (SSSR count). The number of ether oxygens (including phenoxy) is 2. The van der Waals surface area contributed by atoms with Crippen LogP contribution in [0.5, 0.6) is 0 Å². The normalized spacial score (nSPS) is 15.2. The van der Waals surface area contributed by atoms with Gasteiger partial charge in [-0.05, 0) is 61.4 Å². The molecule has 2 heterocycles. The number of carbonyl (C=O) groups is 2. The van der Waals surface area contributed by atoms with E-state index in [0.29, 0.717) is 6.61 Å². The van der Waals surface area contributed by atoms with Crippen molar-refractivity contribution >= 4 is 33.3 Å². The Bertz CT molecular complexity index is 1260. The van der Waals surface area contributed by atoms with Crippen molar-refractivity contribution in [2.75, 3.05) is 23.3 Å². The number of hydrogen-bond acceptors (Lipinski definition) is 7. The van der Waals surface area contributed by atoms with Crippen LogP contribution in [-0.4, -0.2) is 44.6 Å². The van der Waals surface area contributed by atoms with Gasteiger partial charge in [-0.3, -0.25) is 19.8 Å². The van der Waals surface area contributed by atoms with E-state index >= 15 is 0 Å². The summed E-state index contributed by atoms with van der Waals surface area (Å²) >= 11 is 0. The van der Waals surface area contributed by atoms with Crippen molar-refractivity contribution in [1.29, 1.82) is 0 Å². The molecule has 1 atom stereocenters. The fraction of sp³-hybridized carbons (Fsp3) is 0.208. The lowest BCUT2D eigenvalue weighted by molar-refractivity contribution is 0.0484. The average Bonchev–Trinajstić information content (AvgIpc) is 3.37. The number of aromatic nitrogens is 1. The molecule has 2 N–H and O–H groups in total. The quantitative estimate of drug-likeness (QED) is 0.474. The van der Waals surface area contributed by atoms with Crippen LogP contribution < -0.4 is 10.0 Å². The number of hydrogen-bond donors (Lipinski definition) is 2. The summed E-state index contributed by atoms with van der Waals surface area (Å²) in [6.07, 6.45) is 2.45. The van der Waals surface area contributed by atoms with Gasteiger partial charge in [0.2, 0.25) is 5.78 Å². The maximum atomic E-state index is 12.9. The van der Waals surface area contributed by atoms with Gasteiger partial charge in [-0.15, -0.1) is 0 Å². The van der Waals surface area contributed by atoms with E-state index in [9.17, 15) is 18.0 Å². The second-order valence-corrected chi connectivity index (χ2v) is 9.07. The third-order valence-electron chi connectivity index (χ3n) is 4.99. The van der Waals surface area contributed by atoms with Crippen molar-refractivity contribution in [3.63, 3.8) is 0 Å². The molecule has 1 fully saturated rings. The van der Waals surface area contributed by atoms with E-state index in [1.54, 1.807) is 30.3 Å². The molecule has 0 saturated carbocycles. The van der Waals surface area contributed by atoms with Crippen LogP contribution >= 0.6 is 0 Å². The molecular formula is C24H21N3O6S.